The molecule has 42 heavy (non-hydrogen) atoms. The average Bonchev–Trinajstić information content (AvgIpc) is 3.84. The Hall–Kier alpha value is -3.76. The fraction of sp³-hybridized carbons (Fsp3) is 0.500. The Bertz CT molecular complexity index is 1200. The van der Waals surface area contributed by atoms with E-state index < -0.39 is 24.3 Å². The molecule has 0 radical (unpaired) electrons. The Morgan fingerprint density at radius 3 is 1.33 bits per heavy atom. The number of anilines is 2. The number of amides is 4. The quantitative estimate of drug-likeness (QED) is 0.522. The Labute approximate surface area is 245 Å². The van der Waals surface area contributed by atoms with E-state index in [0.717, 1.165) is 49.7 Å². The van der Waals surface area contributed by atoms with Gasteiger partial charge in [-0.1, -0.05) is 24.3 Å². The molecular weight excluding hydrogens is 536 g/mol. The predicted octanol–water partition coefficient (Wildman–Crippen LogP) is 3.57. The van der Waals surface area contributed by atoms with Crippen molar-refractivity contribution in [2.45, 2.75) is 75.7 Å². The smallest absolute Gasteiger partial charge is 0.252 e. The van der Waals surface area contributed by atoms with Gasteiger partial charge in [0.05, 0.1) is 0 Å². The van der Waals surface area contributed by atoms with E-state index in [-0.39, 0.29) is 23.6 Å². The summed E-state index contributed by atoms with van der Waals surface area (Å²) in [6.07, 6.45) is 5.25. The zero-order valence-electron chi connectivity index (χ0n) is 23.8. The second-order valence-electron chi connectivity index (χ2n) is 11.5. The normalized spacial score (nSPS) is 25.5. The van der Waals surface area contributed by atoms with Gasteiger partial charge in [-0.3, -0.25) is 19.2 Å². The van der Waals surface area contributed by atoms with Crippen molar-refractivity contribution in [3.63, 3.8) is 0 Å². The maximum absolute atomic E-state index is 13.0. The first kappa shape index (κ1) is 28.4. The maximum atomic E-state index is 13.0. The summed E-state index contributed by atoms with van der Waals surface area (Å²) in [6, 6.07) is 14.2. The molecule has 4 aliphatic rings. The van der Waals surface area contributed by atoms with Gasteiger partial charge in [-0.25, -0.2) is 0 Å². The summed E-state index contributed by atoms with van der Waals surface area (Å²) in [5.41, 5.74) is 3.27. The third-order valence-corrected chi connectivity index (χ3v) is 8.73. The summed E-state index contributed by atoms with van der Waals surface area (Å²) in [4.78, 5) is 55.1. The van der Waals surface area contributed by atoms with Gasteiger partial charge < -0.3 is 29.9 Å². The van der Waals surface area contributed by atoms with E-state index in [1.54, 1.807) is 9.80 Å². The predicted molar refractivity (Wildman–Crippen MR) is 157 cm³/mol. The van der Waals surface area contributed by atoms with Gasteiger partial charge in [0.15, 0.2) is 0 Å². The molecule has 0 aliphatic carbocycles. The lowest BCUT2D eigenvalue weighted by Gasteiger charge is -2.26. The van der Waals surface area contributed by atoms with Crippen LogP contribution in [0, 0.1) is 0 Å². The summed E-state index contributed by atoms with van der Waals surface area (Å²) >= 11 is 0. The molecule has 4 atom stereocenters. The molecule has 0 saturated carbocycles. The molecule has 4 aliphatic heterocycles. The lowest BCUT2D eigenvalue weighted by molar-refractivity contribution is -0.144. The van der Waals surface area contributed by atoms with E-state index in [1.807, 2.05) is 48.5 Å². The molecule has 222 valence electrons. The summed E-state index contributed by atoms with van der Waals surface area (Å²) in [5.74, 6) is -0.504. The van der Waals surface area contributed by atoms with Crippen LogP contribution in [0.25, 0.3) is 11.1 Å². The number of hydrogen-bond acceptors (Lipinski definition) is 6. The summed E-state index contributed by atoms with van der Waals surface area (Å²) in [7, 11) is 0. The minimum absolute atomic E-state index is 0.0760. The summed E-state index contributed by atoms with van der Waals surface area (Å²) in [5, 5.41) is 5.94. The highest BCUT2D eigenvalue weighted by Gasteiger charge is 2.39. The van der Waals surface area contributed by atoms with Crippen molar-refractivity contribution in [1.29, 1.82) is 0 Å². The molecule has 2 N–H and O–H groups in total. The van der Waals surface area contributed by atoms with Gasteiger partial charge in [0.1, 0.15) is 24.3 Å². The van der Waals surface area contributed by atoms with Crippen LogP contribution in [-0.2, 0) is 28.7 Å². The number of ether oxygens (including phenoxy) is 2. The van der Waals surface area contributed by atoms with Crippen molar-refractivity contribution in [3.8, 4) is 11.1 Å². The highest BCUT2D eigenvalue weighted by Crippen LogP contribution is 2.27. The monoisotopic (exact) mass is 574 g/mol. The summed E-state index contributed by atoms with van der Waals surface area (Å²) in [6.45, 7) is 2.36. The van der Waals surface area contributed by atoms with Crippen LogP contribution in [0.15, 0.2) is 48.5 Å². The number of hydrogen-bond donors (Lipinski definition) is 2. The first-order valence-corrected chi connectivity index (χ1v) is 15.1. The van der Waals surface area contributed by atoms with Gasteiger partial charge in [0.25, 0.3) is 11.8 Å². The molecular formula is C32H38N4O6. The van der Waals surface area contributed by atoms with Crippen molar-refractivity contribution in [3.05, 3.63) is 48.5 Å². The molecule has 10 nitrogen and oxygen atoms in total. The first-order valence-electron chi connectivity index (χ1n) is 15.1. The number of carbonyl (C=O) groups is 4. The van der Waals surface area contributed by atoms with Crippen LogP contribution in [0.3, 0.4) is 0 Å². The molecule has 10 heteroatoms. The van der Waals surface area contributed by atoms with E-state index in [0.29, 0.717) is 50.5 Å². The maximum Gasteiger partial charge on any atom is 0.252 e. The van der Waals surface area contributed by atoms with Crippen LogP contribution in [0.2, 0.25) is 0 Å². The average molecular weight is 575 g/mol. The SMILES string of the molecule is O=C(Nc1ccc(-c2ccc(NC(=O)[C@@H]3CCCN3C(=O)[C@H]3CCCO3)cc2)cc1)[C@@H]1CCCN1C(=O)[C@H]1CCCO1. The molecule has 4 fully saturated rings. The molecule has 0 spiro atoms. The highest BCUT2D eigenvalue weighted by molar-refractivity contribution is 5.99. The van der Waals surface area contributed by atoms with Crippen LogP contribution in [-0.4, -0.2) is 84.0 Å². The van der Waals surface area contributed by atoms with E-state index in [9.17, 15) is 19.2 Å². The number of rotatable bonds is 7. The zero-order valence-corrected chi connectivity index (χ0v) is 23.8. The van der Waals surface area contributed by atoms with Gasteiger partial charge in [-0.05, 0) is 86.8 Å². The molecule has 6 rings (SSSR count). The molecule has 2 aromatic carbocycles. The van der Waals surface area contributed by atoms with Gasteiger partial charge >= 0.3 is 0 Å². The largest absolute Gasteiger partial charge is 0.368 e. The molecule has 0 bridgehead atoms. The van der Waals surface area contributed by atoms with E-state index in [2.05, 4.69) is 10.6 Å². The molecule has 4 amide bonds. The fourth-order valence-electron chi connectivity index (χ4n) is 6.46. The Balaban J connectivity index is 1.03. The van der Waals surface area contributed by atoms with Gasteiger partial charge in [0.2, 0.25) is 11.8 Å². The van der Waals surface area contributed by atoms with Crippen LogP contribution < -0.4 is 10.6 Å². The van der Waals surface area contributed by atoms with Crippen molar-refractivity contribution >= 4 is 35.0 Å². The van der Waals surface area contributed by atoms with E-state index >= 15 is 0 Å². The second-order valence-corrected chi connectivity index (χ2v) is 11.5. The standard InChI is InChI=1S/C32H38N4O6/c37-29(25-5-1-17-35(25)31(39)27-7-3-19-41-27)33-23-13-9-21(10-14-23)22-11-15-24(16-12-22)34-30(38)26-6-2-18-36(26)32(40)28-8-4-20-42-28/h9-16,25-28H,1-8,17-20H2,(H,33,37)(H,34,38)/t25-,26-,27+,28+/m0/s1. The topological polar surface area (TPSA) is 117 Å². The highest BCUT2D eigenvalue weighted by atomic mass is 16.5. The lowest BCUT2D eigenvalue weighted by Crippen LogP contribution is -2.47. The van der Waals surface area contributed by atoms with Crippen molar-refractivity contribution < 1.29 is 28.7 Å². The van der Waals surface area contributed by atoms with Gasteiger partial charge in [-0.15, -0.1) is 0 Å². The Morgan fingerprint density at radius 1 is 0.571 bits per heavy atom. The molecule has 4 heterocycles. The van der Waals surface area contributed by atoms with Crippen LogP contribution in [0.5, 0.6) is 0 Å². The van der Waals surface area contributed by atoms with Crippen molar-refractivity contribution in [2.75, 3.05) is 36.9 Å². The molecule has 0 aromatic heterocycles. The minimum Gasteiger partial charge on any atom is -0.368 e. The Morgan fingerprint density at radius 2 is 0.976 bits per heavy atom. The first-order chi connectivity index (χ1) is 20.5. The van der Waals surface area contributed by atoms with E-state index in [4.69, 9.17) is 9.47 Å². The number of benzene rings is 2. The number of likely N-dealkylation sites (tertiary alicyclic amines) is 2. The van der Waals surface area contributed by atoms with Crippen LogP contribution in [0.4, 0.5) is 11.4 Å². The van der Waals surface area contributed by atoms with E-state index in [1.165, 1.54) is 0 Å². The van der Waals surface area contributed by atoms with Crippen LogP contribution >= 0.6 is 0 Å². The zero-order chi connectivity index (χ0) is 29.1. The van der Waals surface area contributed by atoms with Crippen LogP contribution in [0.1, 0.15) is 51.4 Å². The lowest BCUT2D eigenvalue weighted by atomic mass is 10.0. The number of nitrogens with one attached hydrogen (secondary N) is 2. The minimum atomic E-state index is -0.477. The summed E-state index contributed by atoms with van der Waals surface area (Å²) < 4.78 is 11.1. The van der Waals surface area contributed by atoms with Crippen molar-refractivity contribution in [2.24, 2.45) is 0 Å². The molecule has 2 aromatic rings. The number of nitrogens with zero attached hydrogens (tertiary/aromatic N) is 2. The second kappa shape index (κ2) is 12.6. The molecule has 0 unspecified atom stereocenters. The third-order valence-electron chi connectivity index (χ3n) is 8.73. The third kappa shape index (κ3) is 6.05. The fourth-order valence-corrected chi connectivity index (χ4v) is 6.46. The van der Waals surface area contributed by atoms with Gasteiger partial charge in [-0.2, -0.15) is 0 Å². The number of carbonyl (C=O) groups excluding carboxylic acids is 4. The Kier molecular flexibility index (Phi) is 8.53. The molecule has 4 saturated heterocycles. The van der Waals surface area contributed by atoms with Gasteiger partial charge in [0, 0.05) is 37.7 Å². The van der Waals surface area contributed by atoms with Crippen molar-refractivity contribution in [1.82, 2.24) is 9.80 Å².